The lowest BCUT2D eigenvalue weighted by atomic mass is 10.0. The predicted octanol–water partition coefficient (Wildman–Crippen LogP) is 1.76. The van der Waals surface area contributed by atoms with Crippen LogP contribution in [0.2, 0.25) is 0 Å². The van der Waals surface area contributed by atoms with Crippen LogP contribution in [0.25, 0.3) is 0 Å². The van der Waals surface area contributed by atoms with Crippen molar-refractivity contribution in [2.75, 3.05) is 19.5 Å². The maximum absolute atomic E-state index is 12.6. The highest BCUT2D eigenvalue weighted by Gasteiger charge is 2.54. The first-order valence-electron chi connectivity index (χ1n) is 8.33. The number of carbonyl (C=O) groups is 2. The summed E-state index contributed by atoms with van der Waals surface area (Å²) in [5.74, 6) is 0.318. The van der Waals surface area contributed by atoms with Crippen LogP contribution in [0.3, 0.4) is 0 Å². The molecule has 2 heterocycles. The maximum Gasteiger partial charge on any atom is 0.330 e. The zero-order valence-corrected chi connectivity index (χ0v) is 15.1. The first kappa shape index (κ1) is 18.7. The Morgan fingerprint density at radius 1 is 1.38 bits per heavy atom. The molecule has 140 valence electrons. The van der Waals surface area contributed by atoms with E-state index < -0.39 is 16.9 Å². The number of non-ortho nitro benzene ring substituents is 1. The SMILES string of the molecule is COCCS[C@@H]1CC2CC(=O)N2[C@H]1C(=O)OCc1ccc([N+](=O)[O-])cc1. The summed E-state index contributed by atoms with van der Waals surface area (Å²) in [6, 6.07) is 5.42. The fourth-order valence-electron chi connectivity index (χ4n) is 3.31. The molecule has 3 atom stereocenters. The second-order valence-electron chi connectivity index (χ2n) is 6.27. The van der Waals surface area contributed by atoms with Crippen LogP contribution in [-0.2, 0) is 25.7 Å². The summed E-state index contributed by atoms with van der Waals surface area (Å²) >= 11 is 1.63. The minimum Gasteiger partial charge on any atom is -0.459 e. The van der Waals surface area contributed by atoms with Crippen LogP contribution < -0.4 is 0 Å². The summed E-state index contributed by atoms with van der Waals surface area (Å²) in [5.41, 5.74) is 0.650. The highest BCUT2D eigenvalue weighted by atomic mass is 32.2. The fourth-order valence-corrected chi connectivity index (χ4v) is 4.66. The van der Waals surface area contributed by atoms with Gasteiger partial charge < -0.3 is 14.4 Å². The second-order valence-corrected chi connectivity index (χ2v) is 7.62. The Balaban J connectivity index is 1.60. The molecule has 2 aliphatic heterocycles. The molecule has 1 unspecified atom stereocenters. The number of nitrogens with zero attached hydrogens (tertiary/aromatic N) is 2. The fraction of sp³-hybridized carbons (Fsp3) is 0.529. The van der Waals surface area contributed by atoms with Crippen LogP contribution in [0.5, 0.6) is 0 Å². The third-order valence-electron chi connectivity index (χ3n) is 4.64. The van der Waals surface area contributed by atoms with E-state index in [1.165, 1.54) is 12.1 Å². The Labute approximate surface area is 155 Å². The van der Waals surface area contributed by atoms with Crippen LogP contribution in [-0.4, -0.2) is 58.5 Å². The van der Waals surface area contributed by atoms with Gasteiger partial charge >= 0.3 is 5.97 Å². The van der Waals surface area contributed by atoms with Crippen molar-refractivity contribution in [1.29, 1.82) is 0 Å². The van der Waals surface area contributed by atoms with E-state index in [4.69, 9.17) is 9.47 Å². The van der Waals surface area contributed by atoms with Crippen LogP contribution in [0, 0.1) is 10.1 Å². The Morgan fingerprint density at radius 3 is 2.73 bits per heavy atom. The van der Waals surface area contributed by atoms with Crippen molar-refractivity contribution < 1.29 is 24.0 Å². The first-order chi connectivity index (χ1) is 12.5. The molecule has 0 spiro atoms. The zero-order valence-electron chi connectivity index (χ0n) is 14.3. The van der Waals surface area contributed by atoms with Gasteiger partial charge in [-0.2, -0.15) is 11.8 Å². The van der Waals surface area contributed by atoms with Crippen molar-refractivity contribution in [2.24, 2.45) is 0 Å². The number of fused-ring (bicyclic) bond motifs is 1. The number of thioether (sulfide) groups is 1. The quantitative estimate of drug-likeness (QED) is 0.223. The largest absolute Gasteiger partial charge is 0.459 e. The molecule has 0 saturated carbocycles. The molecule has 1 aromatic rings. The summed E-state index contributed by atoms with van der Waals surface area (Å²) in [7, 11) is 1.63. The number of nitro benzene ring substituents is 1. The molecule has 0 bridgehead atoms. The number of rotatable bonds is 8. The van der Waals surface area contributed by atoms with E-state index in [0.29, 0.717) is 18.6 Å². The number of β-lactam (4-membered cyclic amide) rings is 1. The maximum atomic E-state index is 12.6. The number of esters is 1. The van der Waals surface area contributed by atoms with Gasteiger partial charge in [-0.25, -0.2) is 4.79 Å². The van der Waals surface area contributed by atoms with Crippen LogP contribution in [0.15, 0.2) is 24.3 Å². The highest BCUT2D eigenvalue weighted by molar-refractivity contribution is 8.00. The van der Waals surface area contributed by atoms with Crippen molar-refractivity contribution in [1.82, 2.24) is 4.90 Å². The molecule has 1 amide bonds. The standard InChI is InChI=1S/C17H20N2O6S/c1-24-6-7-26-14-8-13-9-15(20)18(13)16(14)17(21)25-10-11-2-4-12(5-3-11)19(22)23/h2-5,13-14,16H,6-10H2,1H3/t13?,14-,16-/m1/s1. The monoisotopic (exact) mass is 380 g/mol. The van der Waals surface area contributed by atoms with Crippen molar-refractivity contribution in [3.63, 3.8) is 0 Å². The van der Waals surface area contributed by atoms with Gasteiger partial charge in [0.25, 0.3) is 5.69 Å². The number of methoxy groups -OCH3 is 1. The molecule has 2 aliphatic rings. The number of hydrogen-bond donors (Lipinski definition) is 0. The lowest BCUT2D eigenvalue weighted by molar-refractivity contribution is -0.384. The van der Waals surface area contributed by atoms with Gasteiger partial charge in [-0.1, -0.05) is 0 Å². The number of benzene rings is 1. The lowest BCUT2D eigenvalue weighted by Crippen LogP contribution is -2.55. The first-order valence-corrected chi connectivity index (χ1v) is 9.38. The summed E-state index contributed by atoms with van der Waals surface area (Å²) in [6.07, 6.45) is 1.28. The van der Waals surface area contributed by atoms with Crippen molar-refractivity contribution in [3.8, 4) is 0 Å². The van der Waals surface area contributed by atoms with Crippen LogP contribution >= 0.6 is 11.8 Å². The van der Waals surface area contributed by atoms with Crippen LogP contribution in [0.1, 0.15) is 18.4 Å². The predicted molar refractivity (Wildman–Crippen MR) is 94.7 cm³/mol. The zero-order chi connectivity index (χ0) is 18.7. The average molecular weight is 380 g/mol. The molecular formula is C17H20N2O6S. The Hall–Kier alpha value is -2.13. The van der Waals surface area contributed by atoms with Gasteiger partial charge in [0.1, 0.15) is 12.6 Å². The number of amides is 1. The van der Waals surface area contributed by atoms with Gasteiger partial charge in [-0.3, -0.25) is 14.9 Å². The third-order valence-corrected chi connectivity index (χ3v) is 5.92. The summed E-state index contributed by atoms with van der Waals surface area (Å²) in [6.45, 7) is 0.611. The summed E-state index contributed by atoms with van der Waals surface area (Å²) in [4.78, 5) is 36.3. The molecule has 0 aliphatic carbocycles. The smallest absolute Gasteiger partial charge is 0.330 e. The molecule has 26 heavy (non-hydrogen) atoms. The minimum absolute atomic E-state index is 0.00552. The van der Waals surface area contributed by atoms with Gasteiger partial charge in [0.05, 0.1) is 11.5 Å². The topological polar surface area (TPSA) is 99.0 Å². The van der Waals surface area contributed by atoms with E-state index in [2.05, 4.69) is 0 Å². The number of ether oxygens (including phenoxy) is 2. The number of hydrogen-bond acceptors (Lipinski definition) is 7. The van der Waals surface area contributed by atoms with Crippen molar-refractivity contribution in [3.05, 3.63) is 39.9 Å². The van der Waals surface area contributed by atoms with E-state index >= 15 is 0 Å². The number of nitro groups is 1. The molecule has 2 saturated heterocycles. The molecule has 9 heteroatoms. The third kappa shape index (κ3) is 3.83. The average Bonchev–Trinajstić information content (AvgIpc) is 2.92. The molecule has 1 aromatic carbocycles. The molecule has 0 aromatic heterocycles. The van der Waals surface area contributed by atoms with Crippen LogP contribution in [0.4, 0.5) is 5.69 Å². The Kier molecular flexibility index (Phi) is 5.77. The molecule has 0 N–H and O–H groups in total. The van der Waals surface area contributed by atoms with Gasteiger partial charge in [0.15, 0.2) is 0 Å². The molecule has 3 rings (SSSR count). The van der Waals surface area contributed by atoms with Gasteiger partial charge in [0.2, 0.25) is 5.91 Å². The molecular weight excluding hydrogens is 360 g/mol. The Bertz CT molecular complexity index is 695. The van der Waals surface area contributed by atoms with Crippen molar-refractivity contribution >= 4 is 29.3 Å². The van der Waals surface area contributed by atoms with E-state index in [1.54, 1.807) is 35.9 Å². The van der Waals surface area contributed by atoms with Crippen molar-refractivity contribution in [2.45, 2.75) is 36.8 Å². The highest BCUT2D eigenvalue weighted by Crippen LogP contribution is 2.41. The van der Waals surface area contributed by atoms with E-state index in [-0.39, 0.29) is 29.5 Å². The molecule has 2 fully saturated rings. The minimum atomic E-state index is -0.568. The second kappa shape index (κ2) is 8.05. The van der Waals surface area contributed by atoms with Gasteiger partial charge in [-0.15, -0.1) is 0 Å². The number of carbonyl (C=O) groups excluding carboxylic acids is 2. The Morgan fingerprint density at radius 2 is 2.12 bits per heavy atom. The summed E-state index contributed by atoms with van der Waals surface area (Å²) in [5, 5.41) is 10.7. The van der Waals surface area contributed by atoms with Gasteiger partial charge in [-0.05, 0) is 24.1 Å². The van der Waals surface area contributed by atoms with E-state index in [1.807, 2.05) is 0 Å². The molecule has 0 radical (unpaired) electrons. The van der Waals surface area contributed by atoms with E-state index in [0.717, 1.165) is 12.2 Å². The van der Waals surface area contributed by atoms with Gasteiger partial charge in [0, 0.05) is 42.7 Å². The summed E-state index contributed by atoms with van der Waals surface area (Å²) < 4.78 is 10.5. The normalized spacial score (nSPS) is 24.1. The molecule has 8 nitrogen and oxygen atoms in total. The lowest BCUT2D eigenvalue weighted by Gasteiger charge is -2.37. The van der Waals surface area contributed by atoms with E-state index in [9.17, 15) is 19.7 Å².